The molecular formula is C19H30N4O4S. The van der Waals surface area contributed by atoms with Crippen molar-refractivity contribution in [1.82, 2.24) is 14.1 Å². The van der Waals surface area contributed by atoms with Crippen LogP contribution in [0.15, 0.2) is 29.2 Å². The van der Waals surface area contributed by atoms with E-state index in [2.05, 4.69) is 5.32 Å². The van der Waals surface area contributed by atoms with Crippen molar-refractivity contribution in [2.24, 2.45) is 0 Å². The number of carbonyl (C=O) groups excluding carboxylic acids is 2. The molecule has 1 N–H and O–H groups in total. The Hall–Kier alpha value is -1.97. The molecule has 0 saturated carbocycles. The first-order valence-corrected chi connectivity index (χ1v) is 11.2. The molecule has 9 heteroatoms. The van der Waals surface area contributed by atoms with Gasteiger partial charge in [0.05, 0.1) is 11.4 Å². The van der Waals surface area contributed by atoms with E-state index in [9.17, 15) is 18.0 Å². The number of anilines is 1. The molecular weight excluding hydrogens is 380 g/mol. The van der Waals surface area contributed by atoms with Crippen molar-refractivity contribution in [1.29, 1.82) is 0 Å². The maximum atomic E-state index is 12.9. The molecule has 1 aromatic rings. The molecule has 1 heterocycles. The minimum absolute atomic E-state index is 0.0750. The van der Waals surface area contributed by atoms with Crippen molar-refractivity contribution in [3.63, 3.8) is 0 Å². The van der Waals surface area contributed by atoms with Gasteiger partial charge in [0.25, 0.3) is 0 Å². The van der Waals surface area contributed by atoms with Gasteiger partial charge in [-0.15, -0.1) is 0 Å². The van der Waals surface area contributed by atoms with Gasteiger partial charge in [-0.05, 0) is 38.1 Å². The number of benzene rings is 1. The summed E-state index contributed by atoms with van der Waals surface area (Å²) in [4.78, 5) is 27.6. The molecule has 0 aromatic heterocycles. The SMILES string of the molecule is CCC(=O)Nc1ccc(S(=O)(=O)N2CCN(CC(=O)N(CC)CC)CC2)cc1. The average molecular weight is 411 g/mol. The van der Waals surface area contributed by atoms with E-state index in [1.54, 1.807) is 24.0 Å². The van der Waals surface area contributed by atoms with Crippen molar-refractivity contribution in [2.45, 2.75) is 32.1 Å². The van der Waals surface area contributed by atoms with Crippen LogP contribution in [-0.2, 0) is 19.6 Å². The summed E-state index contributed by atoms with van der Waals surface area (Å²) in [7, 11) is -3.59. The molecule has 8 nitrogen and oxygen atoms in total. The van der Waals surface area contributed by atoms with Crippen molar-refractivity contribution in [2.75, 3.05) is 51.1 Å². The van der Waals surface area contributed by atoms with Crippen LogP contribution < -0.4 is 5.32 Å². The lowest BCUT2D eigenvalue weighted by molar-refractivity contribution is -0.132. The molecule has 1 aliphatic rings. The zero-order valence-electron chi connectivity index (χ0n) is 16.8. The summed E-state index contributed by atoms with van der Waals surface area (Å²) in [6, 6.07) is 6.21. The molecule has 1 fully saturated rings. The van der Waals surface area contributed by atoms with Crippen LogP contribution in [0.1, 0.15) is 27.2 Å². The van der Waals surface area contributed by atoms with Gasteiger partial charge in [-0.2, -0.15) is 4.31 Å². The Kier molecular flexibility index (Phi) is 7.97. The molecule has 2 rings (SSSR count). The number of rotatable bonds is 8. The lowest BCUT2D eigenvalue weighted by Crippen LogP contribution is -2.51. The van der Waals surface area contributed by atoms with E-state index >= 15 is 0 Å². The van der Waals surface area contributed by atoms with Crippen molar-refractivity contribution >= 4 is 27.5 Å². The number of carbonyl (C=O) groups is 2. The Morgan fingerprint density at radius 2 is 1.57 bits per heavy atom. The summed E-state index contributed by atoms with van der Waals surface area (Å²) in [5, 5.41) is 2.70. The smallest absolute Gasteiger partial charge is 0.243 e. The fourth-order valence-corrected chi connectivity index (χ4v) is 4.53. The molecule has 0 bridgehead atoms. The minimum atomic E-state index is -3.59. The molecule has 0 radical (unpaired) electrons. The fourth-order valence-electron chi connectivity index (χ4n) is 3.10. The quantitative estimate of drug-likeness (QED) is 0.696. The highest BCUT2D eigenvalue weighted by Gasteiger charge is 2.29. The predicted octanol–water partition coefficient (Wildman–Crippen LogP) is 1.21. The van der Waals surface area contributed by atoms with Gasteiger partial charge in [-0.3, -0.25) is 14.5 Å². The topological polar surface area (TPSA) is 90.0 Å². The normalized spacial score (nSPS) is 16.0. The van der Waals surface area contributed by atoms with Crippen LogP contribution in [0, 0.1) is 0 Å². The summed E-state index contributed by atoms with van der Waals surface area (Å²) in [5.41, 5.74) is 0.575. The third-order valence-corrected chi connectivity index (χ3v) is 6.82. The van der Waals surface area contributed by atoms with Crippen LogP contribution in [0.5, 0.6) is 0 Å². The summed E-state index contributed by atoms with van der Waals surface area (Å²) in [5.74, 6) is -0.0444. The first-order chi connectivity index (χ1) is 13.3. The van der Waals surface area contributed by atoms with Gasteiger partial charge in [0.1, 0.15) is 0 Å². The zero-order valence-corrected chi connectivity index (χ0v) is 17.7. The molecule has 1 aliphatic heterocycles. The maximum absolute atomic E-state index is 12.9. The van der Waals surface area contributed by atoms with Crippen LogP contribution in [0.3, 0.4) is 0 Å². The van der Waals surface area contributed by atoms with E-state index < -0.39 is 10.0 Å². The lowest BCUT2D eigenvalue weighted by atomic mass is 10.3. The first kappa shape index (κ1) is 22.3. The van der Waals surface area contributed by atoms with Crippen molar-refractivity contribution in [3.8, 4) is 0 Å². The second kappa shape index (κ2) is 9.99. The number of nitrogens with one attached hydrogen (secondary N) is 1. The molecule has 0 unspecified atom stereocenters. The van der Waals surface area contributed by atoms with Crippen LogP contribution >= 0.6 is 0 Å². The Morgan fingerprint density at radius 3 is 2.07 bits per heavy atom. The number of hydrogen-bond donors (Lipinski definition) is 1. The third kappa shape index (κ3) is 5.52. The molecule has 0 aliphatic carbocycles. The molecule has 0 atom stereocenters. The first-order valence-electron chi connectivity index (χ1n) is 9.72. The highest BCUT2D eigenvalue weighted by molar-refractivity contribution is 7.89. The van der Waals surface area contributed by atoms with Crippen molar-refractivity contribution in [3.05, 3.63) is 24.3 Å². The van der Waals surface area contributed by atoms with Gasteiger partial charge in [0, 0.05) is 51.4 Å². The van der Waals surface area contributed by atoms with E-state index in [1.165, 1.54) is 16.4 Å². The van der Waals surface area contributed by atoms with E-state index in [0.717, 1.165) is 0 Å². The molecule has 1 aromatic carbocycles. The molecule has 0 spiro atoms. The Morgan fingerprint density at radius 1 is 1.00 bits per heavy atom. The van der Waals surface area contributed by atoms with Crippen LogP contribution in [0.25, 0.3) is 0 Å². The number of nitrogens with zero attached hydrogens (tertiary/aromatic N) is 3. The average Bonchev–Trinajstić information content (AvgIpc) is 2.69. The van der Waals surface area contributed by atoms with E-state index in [0.29, 0.717) is 57.9 Å². The third-order valence-electron chi connectivity index (χ3n) is 4.90. The zero-order chi connectivity index (χ0) is 20.7. The number of piperazine rings is 1. The van der Waals surface area contributed by atoms with Gasteiger partial charge in [-0.1, -0.05) is 6.92 Å². The Bertz CT molecular complexity index is 768. The van der Waals surface area contributed by atoms with Gasteiger partial charge in [-0.25, -0.2) is 8.42 Å². The summed E-state index contributed by atoms with van der Waals surface area (Å²) < 4.78 is 27.2. The second-order valence-corrected chi connectivity index (χ2v) is 8.61. The fraction of sp³-hybridized carbons (Fsp3) is 0.579. The van der Waals surface area contributed by atoms with Crippen LogP contribution in [-0.4, -0.2) is 80.2 Å². The summed E-state index contributed by atoms with van der Waals surface area (Å²) >= 11 is 0. The van der Waals surface area contributed by atoms with Gasteiger partial charge in [0.2, 0.25) is 21.8 Å². The number of sulfonamides is 1. The predicted molar refractivity (Wildman–Crippen MR) is 108 cm³/mol. The maximum Gasteiger partial charge on any atom is 0.243 e. The summed E-state index contributed by atoms with van der Waals surface area (Å²) in [6.07, 6.45) is 0.362. The molecule has 2 amide bonds. The number of hydrogen-bond acceptors (Lipinski definition) is 5. The standard InChI is InChI=1S/C19H30N4O4S/c1-4-18(24)20-16-7-9-17(10-8-16)28(26,27)23-13-11-21(12-14-23)15-19(25)22(5-2)6-3/h7-10H,4-6,11-15H2,1-3H3,(H,20,24). The Balaban J connectivity index is 1.95. The highest BCUT2D eigenvalue weighted by atomic mass is 32.2. The summed E-state index contributed by atoms with van der Waals surface area (Å²) in [6.45, 7) is 9.08. The minimum Gasteiger partial charge on any atom is -0.342 e. The lowest BCUT2D eigenvalue weighted by Gasteiger charge is -2.34. The van der Waals surface area contributed by atoms with Gasteiger partial charge in [0.15, 0.2) is 0 Å². The number of likely N-dealkylation sites (N-methyl/N-ethyl adjacent to an activating group) is 1. The van der Waals surface area contributed by atoms with Gasteiger partial charge < -0.3 is 10.2 Å². The molecule has 1 saturated heterocycles. The van der Waals surface area contributed by atoms with Gasteiger partial charge >= 0.3 is 0 Å². The van der Waals surface area contributed by atoms with Crippen LogP contribution in [0.2, 0.25) is 0 Å². The second-order valence-electron chi connectivity index (χ2n) is 6.67. The van der Waals surface area contributed by atoms with Crippen LogP contribution in [0.4, 0.5) is 5.69 Å². The molecule has 156 valence electrons. The van der Waals surface area contributed by atoms with Crippen molar-refractivity contribution < 1.29 is 18.0 Å². The Labute approximate surface area is 167 Å². The monoisotopic (exact) mass is 410 g/mol. The molecule has 28 heavy (non-hydrogen) atoms. The van der Waals surface area contributed by atoms with E-state index in [-0.39, 0.29) is 16.7 Å². The van der Waals surface area contributed by atoms with E-state index in [1.807, 2.05) is 18.7 Å². The number of amides is 2. The highest BCUT2D eigenvalue weighted by Crippen LogP contribution is 2.20. The van der Waals surface area contributed by atoms with E-state index in [4.69, 9.17) is 0 Å². The largest absolute Gasteiger partial charge is 0.342 e.